The van der Waals surface area contributed by atoms with Gasteiger partial charge in [0.05, 0.1) is 13.2 Å². The van der Waals surface area contributed by atoms with Crippen LogP contribution in [0.25, 0.3) is 0 Å². The van der Waals surface area contributed by atoms with Crippen molar-refractivity contribution in [3.05, 3.63) is 24.3 Å². The highest BCUT2D eigenvalue weighted by Gasteiger charge is 2.10. The molecule has 0 unspecified atom stereocenters. The molecule has 0 aliphatic rings. The quantitative estimate of drug-likeness (QED) is 0.0216. The fraction of sp³-hybridized carbons (Fsp3) is 0.829. The number of ether oxygens (including phenoxy) is 2. The largest absolute Gasteiger partial charge is 0.463 e. The minimum absolute atomic E-state index is 0.188. The summed E-state index contributed by atoms with van der Waals surface area (Å²) >= 11 is 0. The molecule has 0 fully saturated rings. The Bertz CT molecular complexity index is 744. The predicted octanol–water partition coefficient (Wildman–Crippen LogP) is 11.3. The van der Waals surface area contributed by atoms with E-state index in [0.717, 1.165) is 96.4 Å². The Morgan fingerprint density at radius 2 is 1.00 bits per heavy atom. The molecule has 0 bridgehead atoms. The van der Waals surface area contributed by atoms with Gasteiger partial charge in [-0.2, -0.15) is 0 Å². The SMILES string of the molecule is CCCCCCC=CC(=O)OCCCCCCCCC(CCCCCCCCOC(=O)C=CCCCCCC)ON=CCCCN(C)C. The standard InChI is InChI=1S/C41H76N2O5/c1-5-7-9-11-19-25-33-40(44)46-37-29-21-15-13-17-23-31-39(48-42-35-27-28-36-43(3)4)32-24-18-14-16-22-30-38-47-41(45)34-26-20-12-10-8-6-2/h25-26,33-35,39H,5-24,27-32,36-38H2,1-4H3. The van der Waals surface area contributed by atoms with E-state index in [2.05, 4.69) is 38.0 Å². The number of carbonyl (C=O) groups excluding carboxylic acids is 2. The van der Waals surface area contributed by atoms with E-state index in [-0.39, 0.29) is 18.0 Å². The van der Waals surface area contributed by atoms with E-state index in [1.165, 1.54) is 77.0 Å². The van der Waals surface area contributed by atoms with Crippen molar-refractivity contribution in [2.24, 2.45) is 5.16 Å². The summed E-state index contributed by atoms with van der Waals surface area (Å²) in [6.07, 6.45) is 38.6. The lowest BCUT2D eigenvalue weighted by Gasteiger charge is -2.15. The normalized spacial score (nSPS) is 12.5. The third kappa shape index (κ3) is 36.7. The monoisotopic (exact) mass is 677 g/mol. The van der Waals surface area contributed by atoms with Crippen LogP contribution < -0.4 is 0 Å². The van der Waals surface area contributed by atoms with Crippen LogP contribution in [0, 0.1) is 0 Å². The number of nitrogens with zero attached hydrogens (tertiary/aromatic N) is 2. The zero-order valence-electron chi connectivity index (χ0n) is 31.9. The molecule has 0 saturated heterocycles. The Labute approximate surface area is 296 Å². The topological polar surface area (TPSA) is 77.4 Å². The van der Waals surface area contributed by atoms with Crippen LogP contribution in [0.2, 0.25) is 0 Å². The van der Waals surface area contributed by atoms with E-state index < -0.39 is 0 Å². The van der Waals surface area contributed by atoms with Gasteiger partial charge < -0.3 is 19.2 Å². The van der Waals surface area contributed by atoms with Crippen LogP contribution in [-0.4, -0.2) is 63.0 Å². The molecule has 0 amide bonds. The number of allylic oxidation sites excluding steroid dienone is 2. The maximum absolute atomic E-state index is 11.8. The maximum Gasteiger partial charge on any atom is 0.330 e. The lowest BCUT2D eigenvalue weighted by molar-refractivity contribution is -0.138. The van der Waals surface area contributed by atoms with E-state index in [9.17, 15) is 9.59 Å². The molecule has 0 heterocycles. The fourth-order valence-corrected chi connectivity index (χ4v) is 5.47. The summed E-state index contributed by atoms with van der Waals surface area (Å²) in [5, 5.41) is 4.33. The lowest BCUT2D eigenvalue weighted by atomic mass is 10.0. The first-order valence-corrected chi connectivity index (χ1v) is 20.0. The lowest BCUT2D eigenvalue weighted by Crippen LogP contribution is -2.13. The minimum atomic E-state index is -0.202. The van der Waals surface area contributed by atoms with Gasteiger partial charge in [-0.15, -0.1) is 0 Å². The number of hydrogen-bond donors (Lipinski definition) is 0. The summed E-state index contributed by atoms with van der Waals surface area (Å²) in [6.45, 7) is 6.51. The van der Waals surface area contributed by atoms with Crippen molar-refractivity contribution >= 4 is 18.2 Å². The average molecular weight is 677 g/mol. The number of hydrogen-bond acceptors (Lipinski definition) is 7. The molecule has 0 rings (SSSR count). The van der Waals surface area contributed by atoms with Crippen molar-refractivity contribution in [3.63, 3.8) is 0 Å². The summed E-state index contributed by atoms with van der Waals surface area (Å²) in [4.78, 5) is 31.8. The third-order valence-electron chi connectivity index (χ3n) is 8.51. The van der Waals surface area contributed by atoms with Crippen LogP contribution in [-0.2, 0) is 23.9 Å². The minimum Gasteiger partial charge on any atom is -0.463 e. The molecule has 0 aromatic heterocycles. The van der Waals surface area contributed by atoms with E-state index >= 15 is 0 Å². The molecule has 0 aromatic rings. The van der Waals surface area contributed by atoms with E-state index in [4.69, 9.17) is 14.3 Å². The molecule has 0 saturated carbocycles. The Balaban J connectivity index is 4.03. The van der Waals surface area contributed by atoms with Crippen LogP contribution in [0.4, 0.5) is 0 Å². The molecule has 280 valence electrons. The van der Waals surface area contributed by atoms with E-state index in [1.807, 2.05) is 18.4 Å². The molecule has 0 radical (unpaired) electrons. The van der Waals surface area contributed by atoms with Crippen molar-refractivity contribution < 1.29 is 23.9 Å². The molecule has 48 heavy (non-hydrogen) atoms. The van der Waals surface area contributed by atoms with Gasteiger partial charge in [-0.05, 0) is 97.7 Å². The summed E-state index contributed by atoms with van der Waals surface area (Å²) in [6, 6.07) is 0. The summed E-state index contributed by atoms with van der Waals surface area (Å²) in [5.41, 5.74) is 0. The fourth-order valence-electron chi connectivity index (χ4n) is 5.47. The molecule has 0 N–H and O–H groups in total. The number of esters is 2. The van der Waals surface area contributed by atoms with E-state index in [1.54, 1.807) is 12.2 Å². The Hall–Kier alpha value is -2.15. The van der Waals surface area contributed by atoms with Gasteiger partial charge in [0, 0.05) is 18.4 Å². The Morgan fingerprint density at radius 1 is 0.562 bits per heavy atom. The molecule has 7 heteroatoms. The van der Waals surface area contributed by atoms with Crippen molar-refractivity contribution in [1.29, 1.82) is 0 Å². The zero-order chi connectivity index (χ0) is 35.2. The highest BCUT2D eigenvalue weighted by Crippen LogP contribution is 2.17. The molecule has 0 aliphatic heterocycles. The number of oxime groups is 1. The van der Waals surface area contributed by atoms with Crippen LogP contribution in [0.3, 0.4) is 0 Å². The van der Waals surface area contributed by atoms with Gasteiger partial charge in [-0.25, -0.2) is 9.59 Å². The predicted molar refractivity (Wildman–Crippen MR) is 204 cm³/mol. The average Bonchev–Trinajstić information content (AvgIpc) is 3.07. The Morgan fingerprint density at radius 3 is 1.46 bits per heavy atom. The molecule has 0 atom stereocenters. The van der Waals surface area contributed by atoms with Gasteiger partial charge in [0.25, 0.3) is 0 Å². The second kappa shape index (κ2) is 37.7. The summed E-state index contributed by atoms with van der Waals surface area (Å²) in [7, 11) is 4.19. The van der Waals surface area contributed by atoms with Gasteiger partial charge in [-0.1, -0.05) is 121 Å². The second-order valence-corrected chi connectivity index (χ2v) is 13.6. The molecule has 0 aliphatic carbocycles. The van der Waals surface area contributed by atoms with Gasteiger partial charge >= 0.3 is 11.9 Å². The first-order valence-electron chi connectivity index (χ1n) is 20.0. The van der Waals surface area contributed by atoms with Crippen LogP contribution in [0.15, 0.2) is 29.5 Å². The summed E-state index contributed by atoms with van der Waals surface area (Å²) in [5.74, 6) is -0.405. The second-order valence-electron chi connectivity index (χ2n) is 13.6. The molecular formula is C41H76N2O5. The highest BCUT2D eigenvalue weighted by molar-refractivity contribution is 5.82. The molecular weight excluding hydrogens is 600 g/mol. The first kappa shape index (κ1) is 45.9. The maximum atomic E-state index is 11.8. The van der Waals surface area contributed by atoms with Gasteiger partial charge in [0.2, 0.25) is 0 Å². The van der Waals surface area contributed by atoms with E-state index in [0.29, 0.717) is 13.2 Å². The van der Waals surface area contributed by atoms with Gasteiger partial charge in [-0.3, -0.25) is 0 Å². The molecule has 7 nitrogen and oxygen atoms in total. The van der Waals surface area contributed by atoms with Gasteiger partial charge in [0.15, 0.2) is 0 Å². The molecule has 0 spiro atoms. The van der Waals surface area contributed by atoms with Crippen LogP contribution in [0.1, 0.15) is 181 Å². The third-order valence-corrected chi connectivity index (χ3v) is 8.51. The number of unbranched alkanes of at least 4 members (excludes halogenated alkanes) is 19. The number of rotatable bonds is 36. The van der Waals surface area contributed by atoms with Crippen LogP contribution >= 0.6 is 0 Å². The first-order chi connectivity index (χ1) is 23.5. The van der Waals surface area contributed by atoms with Crippen molar-refractivity contribution in [3.8, 4) is 0 Å². The van der Waals surface area contributed by atoms with Crippen molar-refractivity contribution in [2.75, 3.05) is 33.9 Å². The number of carbonyl (C=O) groups is 2. The smallest absolute Gasteiger partial charge is 0.330 e. The summed E-state index contributed by atoms with van der Waals surface area (Å²) < 4.78 is 10.7. The zero-order valence-corrected chi connectivity index (χ0v) is 31.9. The van der Waals surface area contributed by atoms with Crippen molar-refractivity contribution in [1.82, 2.24) is 4.90 Å². The Kier molecular flexibility index (Phi) is 36.0. The van der Waals surface area contributed by atoms with Gasteiger partial charge in [0.1, 0.15) is 6.10 Å². The molecule has 0 aromatic carbocycles. The van der Waals surface area contributed by atoms with Crippen molar-refractivity contribution in [2.45, 2.75) is 187 Å². The van der Waals surface area contributed by atoms with Crippen LogP contribution in [0.5, 0.6) is 0 Å². The highest BCUT2D eigenvalue weighted by atomic mass is 16.6.